The monoisotopic (exact) mass is 84.1 g/mol. The summed E-state index contributed by atoms with van der Waals surface area (Å²) in [5.74, 6) is 0. The van der Waals surface area contributed by atoms with E-state index in [2.05, 4.69) is 25.8 Å². The summed E-state index contributed by atoms with van der Waals surface area (Å²) >= 11 is 0. The molecule has 1 nitrogen and oxygen atoms in total. The van der Waals surface area contributed by atoms with Gasteiger partial charge in [0, 0.05) is 0 Å². The summed E-state index contributed by atoms with van der Waals surface area (Å²) in [6, 6.07) is 0. The Morgan fingerprint density at radius 2 is 1.33 bits per heavy atom. The molecule has 0 rings (SSSR count). The first kappa shape index (κ1) is 8.99. The summed E-state index contributed by atoms with van der Waals surface area (Å²) in [5, 5.41) is 0. The van der Waals surface area contributed by atoms with Gasteiger partial charge in [0.05, 0.1) is 0 Å². The molecule has 0 spiro atoms. The number of hydrogen-bond acceptors (Lipinski definition) is 1. The maximum Gasteiger partial charge on any atom is -0.0136 e. The molecule has 0 atom stereocenters. The van der Waals surface area contributed by atoms with Crippen LogP contribution in [0.1, 0.15) is 0 Å². The summed E-state index contributed by atoms with van der Waals surface area (Å²) in [6.07, 6.45) is 2.75. The summed E-state index contributed by atoms with van der Waals surface area (Å²) < 4.78 is 0. The standard InChI is InChI=1S/C3H5.C2H5N/c1-3-2;1-2-3/h3H,1-2H2;2H,1,3H2. The topological polar surface area (TPSA) is 26.0 Å². The van der Waals surface area contributed by atoms with Gasteiger partial charge in [-0.25, -0.2) is 0 Å². The highest BCUT2D eigenvalue weighted by Crippen LogP contribution is 1.36. The molecule has 6 heavy (non-hydrogen) atoms. The zero-order chi connectivity index (χ0) is 5.41. The lowest BCUT2D eigenvalue weighted by Crippen LogP contribution is -1.67. The summed E-state index contributed by atoms with van der Waals surface area (Å²) in [4.78, 5) is 0. The quantitative estimate of drug-likeness (QED) is 0.467. The first-order valence-corrected chi connectivity index (χ1v) is 1.56. The van der Waals surface area contributed by atoms with Crippen molar-refractivity contribution in [2.24, 2.45) is 5.73 Å². The maximum absolute atomic E-state index is 4.61. The van der Waals surface area contributed by atoms with Crippen molar-refractivity contribution in [3.8, 4) is 0 Å². The van der Waals surface area contributed by atoms with E-state index in [1.807, 2.05) is 0 Å². The third-order valence-electron chi connectivity index (χ3n) is 0. The molecule has 0 aliphatic carbocycles. The van der Waals surface area contributed by atoms with Gasteiger partial charge in [-0.1, -0.05) is 12.7 Å². The number of hydrogen-bond donors (Lipinski definition) is 1. The van der Waals surface area contributed by atoms with E-state index in [0.717, 1.165) is 0 Å². The van der Waals surface area contributed by atoms with Crippen LogP contribution in [0.4, 0.5) is 0 Å². The third-order valence-corrected chi connectivity index (χ3v) is 0. The van der Waals surface area contributed by atoms with Crippen molar-refractivity contribution in [1.82, 2.24) is 0 Å². The van der Waals surface area contributed by atoms with E-state index in [-0.39, 0.29) is 0 Å². The van der Waals surface area contributed by atoms with Crippen LogP contribution >= 0.6 is 0 Å². The van der Waals surface area contributed by atoms with Gasteiger partial charge >= 0.3 is 0 Å². The summed E-state index contributed by atoms with van der Waals surface area (Å²) in [5.41, 5.74) is 4.61. The molecule has 0 bridgehead atoms. The molecule has 0 aliphatic heterocycles. The average molecular weight is 84.1 g/mol. The zero-order valence-corrected chi connectivity index (χ0v) is 3.85. The Labute approximate surface area is 39.2 Å². The molecule has 35 valence electrons. The molecule has 1 heteroatoms. The molecule has 0 aromatic rings. The first-order valence-electron chi connectivity index (χ1n) is 1.56. The molecule has 0 heterocycles. The van der Waals surface area contributed by atoms with E-state index in [1.54, 1.807) is 0 Å². The lowest BCUT2D eigenvalue weighted by molar-refractivity contribution is 1.64. The van der Waals surface area contributed by atoms with E-state index in [9.17, 15) is 0 Å². The normalized spacial score (nSPS) is 4.17. The van der Waals surface area contributed by atoms with Gasteiger partial charge in [-0.05, 0) is 13.1 Å². The van der Waals surface area contributed by atoms with E-state index in [1.165, 1.54) is 12.3 Å². The molecule has 0 saturated heterocycles. The number of nitrogens with two attached hydrogens (primary N) is 1. The van der Waals surface area contributed by atoms with E-state index in [0.29, 0.717) is 0 Å². The summed E-state index contributed by atoms with van der Waals surface area (Å²) in [6.45, 7) is 9.64. The lowest BCUT2D eigenvalue weighted by atomic mass is 10.8. The highest BCUT2D eigenvalue weighted by Gasteiger charge is 1.15. The Bertz CT molecular complexity index is 24.9. The van der Waals surface area contributed by atoms with Crippen molar-refractivity contribution in [3.63, 3.8) is 0 Å². The van der Waals surface area contributed by atoms with Gasteiger partial charge in [-0.2, -0.15) is 0 Å². The van der Waals surface area contributed by atoms with Crippen LogP contribution in [-0.2, 0) is 0 Å². The van der Waals surface area contributed by atoms with Gasteiger partial charge in [0.1, 0.15) is 0 Å². The van der Waals surface area contributed by atoms with Gasteiger partial charge in [-0.15, -0.1) is 6.58 Å². The van der Waals surface area contributed by atoms with Gasteiger partial charge in [0.2, 0.25) is 0 Å². The maximum atomic E-state index is 4.61. The number of rotatable bonds is 0. The summed E-state index contributed by atoms with van der Waals surface area (Å²) in [7, 11) is 0. The fraction of sp³-hybridized carbons (Fsp3) is 0. The van der Waals surface area contributed by atoms with Crippen LogP contribution in [0.15, 0.2) is 25.4 Å². The fourth-order valence-electron chi connectivity index (χ4n) is 0. The zero-order valence-electron chi connectivity index (χ0n) is 3.85. The smallest absolute Gasteiger partial charge is 0.0136 e. The SMILES string of the molecule is C=CN.[CH2]C=C. The van der Waals surface area contributed by atoms with Crippen LogP contribution < -0.4 is 5.73 Å². The highest BCUT2D eigenvalue weighted by atomic mass is 14.5. The lowest BCUT2D eigenvalue weighted by Gasteiger charge is -1.40. The minimum absolute atomic E-state index is 1.25. The molecular weight excluding hydrogens is 74.1 g/mol. The molecule has 2 N–H and O–H groups in total. The van der Waals surface area contributed by atoms with Crippen molar-refractivity contribution in [1.29, 1.82) is 0 Å². The van der Waals surface area contributed by atoms with Crippen molar-refractivity contribution in [3.05, 3.63) is 32.4 Å². The molecule has 0 unspecified atom stereocenters. The largest absolute Gasteiger partial charge is 0.405 e. The Kier molecular flexibility index (Phi) is 42.1. The van der Waals surface area contributed by atoms with Gasteiger partial charge in [0.25, 0.3) is 0 Å². The average Bonchev–Trinajstić information content (AvgIpc) is 1.39. The van der Waals surface area contributed by atoms with Crippen LogP contribution in [0.25, 0.3) is 0 Å². The van der Waals surface area contributed by atoms with Gasteiger partial charge in [0.15, 0.2) is 0 Å². The van der Waals surface area contributed by atoms with Crippen LogP contribution in [-0.4, -0.2) is 0 Å². The highest BCUT2D eigenvalue weighted by molar-refractivity contribution is 4.66. The van der Waals surface area contributed by atoms with Crippen molar-refractivity contribution >= 4 is 0 Å². The fourth-order valence-corrected chi connectivity index (χ4v) is 0. The van der Waals surface area contributed by atoms with Crippen LogP contribution in [0.3, 0.4) is 0 Å². The molecule has 1 radical (unpaired) electrons. The Morgan fingerprint density at radius 3 is 1.33 bits per heavy atom. The first-order chi connectivity index (χ1) is 2.83. The van der Waals surface area contributed by atoms with E-state index in [4.69, 9.17) is 0 Å². The molecule has 0 aromatic carbocycles. The molecule has 0 aliphatic rings. The third kappa shape index (κ3) is 32.9. The minimum Gasteiger partial charge on any atom is -0.405 e. The molecule has 0 amide bonds. The molecular formula is C5H10N. The Balaban J connectivity index is 0. The second kappa shape index (κ2) is 28.1. The van der Waals surface area contributed by atoms with Crippen LogP contribution in [0.2, 0.25) is 0 Å². The van der Waals surface area contributed by atoms with E-state index < -0.39 is 0 Å². The molecule has 0 fully saturated rings. The van der Waals surface area contributed by atoms with Gasteiger partial charge in [-0.3, -0.25) is 0 Å². The number of allylic oxidation sites excluding steroid dienone is 1. The van der Waals surface area contributed by atoms with Crippen molar-refractivity contribution in [2.45, 2.75) is 0 Å². The van der Waals surface area contributed by atoms with Crippen LogP contribution in [0, 0.1) is 6.92 Å². The predicted octanol–water partition coefficient (Wildman–Crippen LogP) is 1.10. The van der Waals surface area contributed by atoms with Gasteiger partial charge < -0.3 is 5.73 Å². The molecule has 0 saturated carbocycles. The Morgan fingerprint density at radius 1 is 1.33 bits per heavy atom. The van der Waals surface area contributed by atoms with Crippen LogP contribution in [0.5, 0.6) is 0 Å². The predicted molar refractivity (Wildman–Crippen MR) is 29.9 cm³/mol. The minimum atomic E-state index is 1.25. The second-order valence-electron chi connectivity index (χ2n) is 0.524. The van der Waals surface area contributed by atoms with Crippen molar-refractivity contribution in [2.75, 3.05) is 0 Å². The van der Waals surface area contributed by atoms with E-state index >= 15 is 0 Å². The van der Waals surface area contributed by atoms with Crippen molar-refractivity contribution < 1.29 is 0 Å². The second-order valence-corrected chi connectivity index (χ2v) is 0.524. The molecule has 0 aromatic heterocycles. The Hall–Kier alpha value is -0.720.